The summed E-state index contributed by atoms with van der Waals surface area (Å²) in [4.78, 5) is 155. The molecule has 4 atom stereocenters. The van der Waals surface area contributed by atoms with Crippen molar-refractivity contribution in [1.29, 1.82) is 0 Å². The summed E-state index contributed by atoms with van der Waals surface area (Å²) in [5.41, 5.74) is -7.97. The summed E-state index contributed by atoms with van der Waals surface area (Å²) in [6, 6.07) is 0. The zero-order valence-corrected chi connectivity index (χ0v) is 62.0. The van der Waals surface area contributed by atoms with Gasteiger partial charge >= 0.3 is 35.3 Å². The minimum atomic E-state index is -4.84. The Hall–Kier alpha value is -12.6. The molecule has 0 aromatic carbocycles. The number of amides is 4. The lowest BCUT2D eigenvalue weighted by molar-refractivity contribution is -0.323. The molecule has 0 saturated heterocycles. The third-order valence-corrected chi connectivity index (χ3v) is 15.3. The zero-order chi connectivity index (χ0) is 84.1. The van der Waals surface area contributed by atoms with Crippen molar-refractivity contribution in [1.82, 2.24) is 148 Å². The largest absolute Gasteiger partial charge is 0.522 e. The summed E-state index contributed by atoms with van der Waals surface area (Å²) in [7, 11) is 1.45. The molecule has 0 bridgehead atoms. The van der Waals surface area contributed by atoms with Crippen LogP contribution in [0.2, 0.25) is 0 Å². The number of halogens is 6. The number of ether oxygens (including phenoxy) is 1. The lowest BCUT2D eigenvalue weighted by Crippen LogP contribution is -2.44. The molecule has 56 heteroatoms. The van der Waals surface area contributed by atoms with Crippen molar-refractivity contribution in [3.05, 3.63) is 172 Å². The van der Waals surface area contributed by atoms with Crippen molar-refractivity contribution < 1.29 is 79.1 Å². The monoisotopic (exact) mass is 1630 g/mol. The van der Waals surface area contributed by atoms with Crippen LogP contribution in [-0.4, -0.2) is 261 Å². The third kappa shape index (κ3) is 27.4. The van der Waals surface area contributed by atoms with Crippen LogP contribution >= 0.6 is 0 Å². The van der Waals surface area contributed by atoms with Crippen molar-refractivity contribution >= 4 is 33.5 Å². The first-order valence-corrected chi connectivity index (χ1v) is 34.9. The topological polar surface area (TPSA) is 609 Å². The number of nitrogens with zero attached hydrogens (tertiary/aromatic N) is 26. The van der Waals surface area contributed by atoms with E-state index < -0.39 is 146 Å². The molecule has 0 aliphatic rings. The molecule has 616 valence electrons. The fraction of sp³-hybridized carbons (Fsp3) is 0.526. The van der Waals surface area contributed by atoms with Crippen molar-refractivity contribution in [3.8, 4) is 0 Å². The van der Waals surface area contributed by atoms with E-state index >= 15 is 0 Å². The maximum Gasteiger partial charge on any atom is 0.522 e. The van der Waals surface area contributed by atoms with E-state index in [0.717, 1.165) is 80.7 Å². The first-order valence-electron chi connectivity index (χ1n) is 32.8. The number of aliphatic hydroxyl groups is 4. The van der Waals surface area contributed by atoms with Crippen molar-refractivity contribution in [2.45, 2.75) is 124 Å². The summed E-state index contributed by atoms with van der Waals surface area (Å²) in [6.45, 7) is 3.43. The number of imidazole rings is 1. The zero-order valence-electron chi connectivity index (χ0n) is 61.2. The quantitative estimate of drug-likeness (QED) is 0.0153. The summed E-state index contributed by atoms with van der Waals surface area (Å²) < 4.78 is 107. The molecule has 9 heterocycles. The SMILES string of the molecule is C[C@@H](O)Cn1nnc(Cn2cc(C(=O)NCC(F)(F)F)c(=O)n(C)c2=O)n1.C[C@@H](O)Cn1nnc(Cn2cc(C(=O)NCCOC(F)(F)F)c(=O)n(C)c2=O)n1.C[C@@H](O)Cn1nnc(Cn2cc(C(=O)NCCS(C)(=O)=O)c(=O)n(C)c2=O)n1.C[C@@H](O)Cn1nnc(Cn2cc(C(=O)NCCn3ccnc3)c(=O)n(C)c2=O)n1. The number of aromatic nitrogens is 26. The number of hydrogen-bond donors (Lipinski definition) is 8. The number of carbonyl (C=O) groups excluding carboxylic acids is 4. The molecule has 49 nitrogen and oxygen atoms in total. The molecule has 9 aromatic heterocycles. The van der Waals surface area contributed by atoms with E-state index in [0.29, 0.717) is 15.7 Å². The maximum atomic E-state index is 12.4. The van der Waals surface area contributed by atoms with Crippen LogP contribution in [0.3, 0.4) is 0 Å². The van der Waals surface area contributed by atoms with Gasteiger partial charge in [-0.2, -0.15) is 32.4 Å². The number of nitrogens with one attached hydrogen (secondary N) is 4. The fourth-order valence-corrected chi connectivity index (χ4v) is 9.64. The Kier molecular flexibility index (Phi) is 31.1. The van der Waals surface area contributed by atoms with Gasteiger partial charge in [0.2, 0.25) is 0 Å². The smallest absolute Gasteiger partial charge is 0.391 e. The van der Waals surface area contributed by atoms with E-state index in [1.54, 1.807) is 42.5 Å². The Bertz CT molecular complexity index is 5430. The standard InChI is InChI=1S/C16H21N9O4.C14H18F3N7O5.C14H21N7O6S.C13H16F3N7O4/c1-11(26)7-25-20-13(19-21-25)9-24-8-12(15(28)22(2)16(24)29)14(27)18-4-6-23-5-3-17-10-23;1-8(25)5-24-20-10(19-21-24)7-23-6-9(12(27)22(2)13(23)28)11(26)18-3-4-29-14(15,16)17;1-9(22)6-21-17-11(16-18-21)8-20-7-10(13(24)19(2)14(20)25)12(23)15-4-5-28(3,26)27;1-7(24)3-23-19-9(18-20-23)5-22-4-8(11(26)21(2)12(22)27)10(25)17-6-13(14,15)16/h3,5,8,10-11,26H,4,6-7,9H2,1-2H3,(H,18,27);6,8,25H,3-5,7H2,1-2H3,(H,18,26);7,9,22H,4-6,8H2,1-3H3,(H,15,23);4,7,24H,3,5-6H2,1-2H3,(H,17,25)/t11-;8-;9-;7-/m1111/s1. The highest BCUT2D eigenvalue weighted by atomic mass is 32.2. The number of alkyl halides is 6. The summed E-state index contributed by atoms with van der Waals surface area (Å²) >= 11 is 0. The Morgan fingerprint density at radius 2 is 0.761 bits per heavy atom. The van der Waals surface area contributed by atoms with Crippen LogP contribution in [0.5, 0.6) is 0 Å². The molecule has 0 fully saturated rings. The van der Waals surface area contributed by atoms with E-state index in [1.807, 2.05) is 0 Å². The Morgan fingerprint density at radius 3 is 1.03 bits per heavy atom. The van der Waals surface area contributed by atoms with Gasteiger partial charge in [0.1, 0.15) is 38.6 Å². The summed E-state index contributed by atoms with van der Waals surface area (Å²) in [5, 5.41) is 91.8. The summed E-state index contributed by atoms with van der Waals surface area (Å²) in [6.07, 6.45) is -2.24. The molecular formula is C57H76F6N30O19S. The normalized spacial score (nSPS) is 12.6. The summed E-state index contributed by atoms with van der Waals surface area (Å²) in [5.74, 6) is -3.45. The van der Waals surface area contributed by atoms with Crippen LogP contribution < -0.4 is 66.3 Å². The maximum absolute atomic E-state index is 12.4. The molecule has 4 amide bonds. The number of aliphatic hydroxyl groups excluding tert-OH is 4. The number of sulfone groups is 1. The molecule has 0 aliphatic heterocycles. The Labute approximate surface area is 627 Å². The average Bonchev–Trinajstić information content (AvgIpc) is 1.70. The Morgan fingerprint density at radius 1 is 0.469 bits per heavy atom. The van der Waals surface area contributed by atoms with Gasteiger partial charge in [-0.15, -0.1) is 54.0 Å². The van der Waals surface area contributed by atoms with Gasteiger partial charge < -0.3 is 46.3 Å². The number of rotatable bonds is 30. The van der Waals surface area contributed by atoms with Crippen molar-refractivity contribution in [2.24, 2.45) is 28.2 Å². The van der Waals surface area contributed by atoms with Crippen molar-refractivity contribution in [2.75, 3.05) is 44.8 Å². The van der Waals surface area contributed by atoms with Crippen LogP contribution in [0.4, 0.5) is 26.3 Å². The molecule has 8 N–H and O–H groups in total. The first kappa shape index (κ1) is 89.3. The van der Waals surface area contributed by atoms with Gasteiger partial charge in [-0.3, -0.25) is 79.6 Å². The first-order chi connectivity index (χ1) is 52.8. The molecule has 0 spiro atoms. The van der Waals surface area contributed by atoms with E-state index in [2.05, 4.69) is 87.3 Å². The van der Waals surface area contributed by atoms with Crippen molar-refractivity contribution in [3.63, 3.8) is 0 Å². The van der Waals surface area contributed by atoms with Gasteiger partial charge in [0.15, 0.2) is 23.3 Å². The highest BCUT2D eigenvalue weighted by Gasteiger charge is 2.31. The second-order valence-electron chi connectivity index (χ2n) is 24.5. The van der Waals surface area contributed by atoms with Gasteiger partial charge in [-0.05, 0) is 48.5 Å². The molecule has 0 saturated carbocycles. The highest BCUT2D eigenvalue weighted by molar-refractivity contribution is 7.90. The highest BCUT2D eigenvalue weighted by Crippen LogP contribution is 2.15. The third-order valence-electron chi connectivity index (χ3n) is 14.4. The molecule has 113 heavy (non-hydrogen) atoms. The second kappa shape index (κ2) is 39.4. The molecule has 0 unspecified atom stereocenters. The van der Waals surface area contributed by atoms with Crippen LogP contribution in [0.15, 0.2) is 81.9 Å². The average molecular weight is 1630 g/mol. The van der Waals surface area contributed by atoms with Gasteiger partial charge in [0.05, 0.1) is 95.5 Å². The molecule has 0 radical (unpaired) electrons. The number of tetrazole rings is 4. The lowest BCUT2D eigenvalue weighted by atomic mass is 10.3. The van der Waals surface area contributed by atoms with Crippen LogP contribution in [0, 0.1) is 0 Å². The predicted octanol–water partition coefficient (Wildman–Crippen LogP) is -9.19. The van der Waals surface area contributed by atoms with Crippen LogP contribution in [0.25, 0.3) is 0 Å². The Balaban J connectivity index is 0.000000235. The molecule has 9 aromatic rings. The number of carbonyl (C=O) groups is 4. The minimum Gasteiger partial charge on any atom is -0.391 e. The van der Waals surface area contributed by atoms with Gasteiger partial charge in [-0.25, -0.2) is 32.6 Å². The van der Waals surface area contributed by atoms with Gasteiger partial charge in [0, 0.05) is 97.8 Å². The molecular weight excluding hydrogens is 1550 g/mol. The minimum absolute atomic E-state index is 0.0399. The number of hydrogen-bond acceptors (Lipinski definition) is 32. The fourth-order valence-electron chi connectivity index (χ4n) is 9.17. The van der Waals surface area contributed by atoms with E-state index in [4.69, 9.17) is 0 Å². The van der Waals surface area contributed by atoms with E-state index in [-0.39, 0.29) is 106 Å². The van der Waals surface area contributed by atoms with Gasteiger partial charge in [0.25, 0.3) is 45.9 Å². The molecule has 9 rings (SSSR count). The lowest BCUT2D eigenvalue weighted by Gasteiger charge is -2.11. The second-order valence-corrected chi connectivity index (χ2v) is 26.8. The van der Waals surface area contributed by atoms with Gasteiger partial charge in [-0.1, -0.05) is 0 Å². The predicted molar refractivity (Wildman–Crippen MR) is 368 cm³/mol. The van der Waals surface area contributed by atoms with E-state index in [9.17, 15) is 113 Å². The van der Waals surface area contributed by atoms with Crippen LogP contribution in [-0.2, 0) is 102 Å². The van der Waals surface area contributed by atoms with Crippen LogP contribution in [0.1, 0.15) is 92.4 Å². The molecule has 0 aliphatic carbocycles. The van der Waals surface area contributed by atoms with E-state index in [1.165, 1.54) is 38.9 Å².